The molecule has 1 atom stereocenters. The third kappa shape index (κ3) is 2.11. The van der Waals surface area contributed by atoms with Crippen molar-refractivity contribution in [3.8, 4) is 0 Å². The molecule has 1 aliphatic heterocycles. The van der Waals surface area contributed by atoms with Gasteiger partial charge in [0, 0.05) is 18.2 Å². The Morgan fingerprint density at radius 3 is 2.53 bits per heavy atom. The van der Waals surface area contributed by atoms with Gasteiger partial charge in [-0.05, 0) is 30.9 Å². The quantitative estimate of drug-likeness (QED) is 0.884. The van der Waals surface area contributed by atoms with Crippen molar-refractivity contribution < 1.29 is 14.7 Å². The number of amides is 1. The Kier molecular flexibility index (Phi) is 3.01. The molecule has 19 heavy (non-hydrogen) atoms. The van der Waals surface area contributed by atoms with Crippen molar-refractivity contribution in [3.05, 3.63) is 29.8 Å². The summed E-state index contributed by atoms with van der Waals surface area (Å²) in [6.45, 7) is 0.307. The second kappa shape index (κ2) is 4.68. The number of hydrogen-bond donors (Lipinski definition) is 1. The van der Waals surface area contributed by atoms with Crippen LogP contribution in [-0.4, -0.2) is 23.5 Å². The van der Waals surface area contributed by atoms with E-state index in [1.165, 1.54) is 0 Å². The van der Waals surface area contributed by atoms with Crippen LogP contribution in [-0.2, 0) is 16.0 Å². The van der Waals surface area contributed by atoms with Gasteiger partial charge in [-0.15, -0.1) is 0 Å². The number of anilines is 1. The van der Waals surface area contributed by atoms with Gasteiger partial charge in [-0.1, -0.05) is 24.6 Å². The fraction of sp³-hybridized carbons (Fsp3) is 0.467. The fourth-order valence-corrected chi connectivity index (χ4v) is 2.85. The van der Waals surface area contributed by atoms with E-state index >= 15 is 0 Å². The number of aliphatic carboxylic acids is 1. The molecule has 3 rings (SSSR count). The molecule has 1 amide bonds. The highest BCUT2D eigenvalue weighted by atomic mass is 16.4. The molecule has 1 aromatic rings. The molecule has 0 spiro atoms. The summed E-state index contributed by atoms with van der Waals surface area (Å²) in [7, 11) is 0. The lowest BCUT2D eigenvalue weighted by Gasteiger charge is -2.37. The fourth-order valence-electron chi connectivity index (χ4n) is 2.85. The first-order valence-electron chi connectivity index (χ1n) is 6.79. The minimum Gasteiger partial charge on any atom is -0.481 e. The molecule has 100 valence electrons. The molecule has 1 N–H and O–H groups in total. The topological polar surface area (TPSA) is 57.6 Å². The molecular formula is C15H17NO3. The molecule has 4 nitrogen and oxygen atoms in total. The number of carbonyl (C=O) groups excluding carboxylic acids is 1. The minimum atomic E-state index is -0.819. The lowest BCUT2D eigenvalue weighted by Crippen LogP contribution is -2.46. The van der Waals surface area contributed by atoms with Gasteiger partial charge in [-0.2, -0.15) is 0 Å². The van der Waals surface area contributed by atoms with Gasteiger partial charge in [-0.3, -0.25) is 9.59 Å². The van der Waals surface area contributed by atoms with E-state index in [2.05, 4.69) is 0 Å². The van der Waals surface area contributed by atoms with Crippen molar-refractivity contribution in [2.24, 2.45) is 11.8 Å². The smallest absolute Gasteiger partial charge is 0.308 e. The zero-order valence-electron chi connectivity index (χ0n) is 10.7. The van der Waals surface area contributed by atoms with Gasteiger partial charge >= 0.3 is 5.97 Å². The van der Waals surface area contributed by atoms with Crippen LogP contribution in [0.25, 0.3) is 0 Å². The van der Waals surface area contributed by atoms with E-state index < -0.39 is 11.9 Å². The molecule has 1 unspecified atom stereocenters. The average Bonchev–Trinajstić information content (AvgIpc) is 2.35. The second-order valence-corrected chi connectivity index (χ2v) is 5.44. The van der Waals surface area contributed by atoms with E-state index in [0.29, 0.717) is 13.0 Å². The Morgan fingerprint density at radius 1 is 1.16 bits per heavy atom. The van der Waals surface area contributed by atoms with Gasteiger partial charge in [0.05, 0.1) is 5.92 Å². The first-order chi connectivity index (χ1) is 9.16. The molecule has 1 fully saturated rings. The molecule has 4 heteroatoms. The summed E-state index contributed by atoms with van der Waals surface area (Å²) in [5, 5.41) is 9.24. The number of carboxylic acid groups (broad SMARTS) is 1. The predicted molar refractivity (Wildman–Crippen MR) is 71.0 cm³/mol. The molecule has 2 aliphatic rings. The molecule has 0 aromatic heterocycles. The number of carbonyl (C=O) groups is 2. The number of rotatable bonds is 2. The second-order valence-electron chi connectivity index (χ2n) is 5.44. The van der Waals surface area contributed by atoms with E-state index in [0.717, 1.165) is 30.5 Å². The van der Waals surface area contributed by atoms with E-state index in [1.807, 2.05) is 24.3 Å². The molecule has 1 aliphatic carbocycles. The SMILES string of the molecule is O=C(O)C1Cc2ccccc2N(C(=O)C2CCC2)C1. The highest BCUT2D eigenvalue weighted by Crippen LogP contribution is 2.35. The highest BCUT2D eigenvalue weighted by Gasteiger charge is 2.36. The predicted octanol–water partition coefficient (Wildman–Crippen LogP) is 2.08. The lowest BCUT2D eigenvalue weighted by atomic mass is 9.83. The standard InChI is InChI=1S/C15H17NO3/c17-14(10-5-3-6-10)16-9-12(15(18)19)8-11-4-1-2-7-13(11)16/h1-2,4,7,10,12H,3,5-6,8-9H2,(H,18,19). The maximum Gasteiger partial charge on any atom is 0.308 e. The van der Waals surface area contributed by atoms with Crippen LogP contribution in [0.1, 0.15) is 24.8 Å². The van der Waals surface area contributed by atoms with E-state index in [-0.39, 0.29) is 11.8 Å². The maximum absolute atomic E-state index is 12.4. The van der Waals surface area contributed by atoms with Crippen LogP contribution >= 0.6 is 0 Å². The Hall–Kier alpha value is -1.84. The van der Waals surface area contributed by atoms with Crippen molar-refractivity contribution in [1.29, 1.82) is 0 Å². The molecule has 1 saturated carbocycles. The number of nitrogens with zero attached hydrogens (tertiary/aromatic N) is 1. The van der Waals surface area contributed by atoms with Gasteiger partial charge in [0.2, 0.25) is 5.91 Å². The van der Waals surface area contributed by atoms with Gasteiger partial charge < -0.3 is 10.0 Å². The number of carboxylic acids is 1. The number of para-hydroxylation sites is 1. The zero-order valence-corrected chi connectivity index (χ0v) is 10.7. The Labute approximate surface area is 112 Å². The van der Waals surface area contributed by atoms with Crippen LogP contribution in [0.2, 0.25) is 0 Å². The summed E-state index contributed by atoms with van der Waals surface area (Å²) >= 11 is 0. The normalized spacial score (nSPS) is 22.5. The Morgan fingerprint density at radius 2 is 1.89 bits per heavy atom. The average molecular weight is 259 g/mol. The summed E-state index contributed by atoms with van der Waals surface area (Å²) < 4.78 is 0. The van der Waals surface area contributed by atoms with Gasteiger partial charge in [0.25, 0.3) is 0 Å². The summed E-state index contributed by atoms with van der Waals surface area (Å²) in [5.74, 6) is -1.11. The minimum absolute atomic E-state index is 0.0978. The summed E-state index contributed by atoms with van der Waals surface area (Å²) in [6, 6.07) is 7.64. The first kappa shape index (κ1) is 12.2. The molecule has 0 saturated heterocycles. The monoisotopic (exact) mass is 259 g/mol. The lowest BCUT2D eigenvalue weighted by molar-refractivity contribution is -0.141. The van der Waals surface area contributed by atoms with E-state index in [1.54, 1.807) is 4.90 Å². The molecule has 1 heterocycles. The summed E-state index contributed by atoms with van der Waals surface area (Å²) in [5.41, 5.74) is 1.87. The molecular weight excluding hydrogens is 242 g/mol. The molecule has 0 bridgehead atoms. The summed E-state index contributed by atoms with van der Waals surface area (Å²) in [6.07, 6.45) is 3.50. The summed E-state index contributed by atoms with van der Waals surface area (Å²) in [4.78, 5) is 25.4. The van der Waals surface area contributed by atoms with Crippen molar-refractivity contribution in [2.45, 2.75) is 25.7 Å². The van der Waals surface area contributed by atoms with Crippen molar-refractivity contribution in [1.82, 2.24) is 0 Å². The van der Waals surface area contributed by atoms with Crippen molar-refractivity contribution in [3.63, 3.8) is 0 Å². The van der Waals surface area contributed by atoms with Crippen LogP contribution < -0.4 is 4.90 Å². The van der Waals surface area contributed by atoms with Crippen molar-refractivity contribution >= 4 is 17.6 Å². The Bertz CT molecular complexity index is 522. The number of benzene rings is 1. The molecule has 0 radical (unpaired) electrons. The molecule has 1 aromatic carbocycles. The van der Waals surface area contributed by atoms with Crippen LogP contribution in [0.4, 0.5) is 5.69 Å². The van der Waals surface area contributed by atoms with Gasteiger partial charge in [0.1, 0.15) is 0 Å². The zero-order chi connectivity index (χ0) is 13.4. The van der Waals surface area contributed by atoms with Gasteiger partial charge in [0.15, 0.2) is 0 Å². The third-order valence-corrected chi connectivity index (χ3v) is 4.22. The number of hydrogen-bond acceptors (Lipinski definition) is 2. The van der Waals surface area contributed by atoms with Crippen molar-refractivity contribution in [2.75, 3.05) is 11.4 Å². The third-order valence-electron chi connectivity index (χ3n) is 4.22. The largest absolute Gasteiger partial charge is 0.481 e. The van der Waals surface area contributed by atoms with Crippen LogP contribution in [0, 0.1) is 11.8 Å². The van der Waals surface area contributed by atoms with E-state index in [9.17, 15) is 14.7 Å². The van der Waals surface area contributed by atoms with Crippen LogP contribution in [0.5, 0.6) is 0 Å². The van der Waals surface area contributed by atoms with E-state index in [4.69, 9.17) is 0 Å². The number of fused-ring (bicyclic) bond motifs is 1. The van der Waals surface area contributed by atoms with Crippen LogP contribution in [0.3, 0.4) is 0 Å². The van der Waals surface area contributed by atoms with Crippen LogP contribution in [0.15, 0.2) is 24.3 Å². The first-order valence-corrected chi connectivity index (χ1v) is 6.79. The maximum atomic E-state index is 12.4. The Balaban J connectivity index is 1.93. The highest BCUT2D eigenvalue weighted by molar-refractivity contribution is 5.97. The van der Waals surface area contributed by atoms with Gasteiger partial charge in [-0.25, -0.2) is 0 Å².